The molecular weight excluding hydrogens is 264 g/mol. The maximum Gasteiger partial charge on any atom is 0.326 e. The van der Waals surface area contributed by atoms with Crippen LogP contribution in [0.4, 0.5) is 0 Å². The summed E-state index contributed by atoms with van der Waals surface area (Å²) in [5, 5.41) is 9.75. The highest BCUT2D eigenvalue weighted by Crippen LogP contribution is 2.27. The van der Waals surface area contributed by atoms with E-state index >= 15 is 0 Å². The Hall–Kier alpha value is -1.69. The predicted octanol–water partition coefficient (Wildman–Crippen LogP) is 2.36. The third-order valence-electron chi connectivity index (χ3n) is 3.30. The van der Waals surface area contributed by atoms with E-state index in [4.69, 9.17) is 0 Å². The van der Waals surface area contributed by atoms with Crippen LogP contribution in [0.1, 0.15) is 36.8 Å². The monoisotopic (exact) mass is 280 g/mol. The topological polar surface area (TPSA) is 72.2 Å². The van der Waals surface area contributed by atoms with Crippen LogP contribution in [0.15, 0.2) is 11.1 Å². The molecule has 0 aliphatic carbocycles. The summed E-state index contributed by atoms with van der Waals surface area (Å²) in [7, 11) is 0. The molecular formula is C13H16N2O3S. The van der Waals surface area contributed by atoms with Gasteiger partial charge in [-0.2, -0.15) is 0 Å². The first-order chi connectivity index (χ1) is 9.01. The van der Waals surface area contributed by atoms with E-state index in [-0.39, 0.29) is 5.56 Å². The van der Waals surface area contributed by atoms with Gasteiger partial charge in [0.25, 0.3) is 5.56 Å². The van der Waals surface area contributed by atoms with Crippen molar-refractivity contribution >= 4 is 27.5 Å². The summed E-state index contributed by atoms with van der Waals surface area (Å²) in [5.41, 5.74) is 0.729. The zero-order chi connectivity index (χ0) is 14.2. The quantitative estimate of drug-likeness (QED) is 0.933. The average Bonchev–Trinajstić information content (AvgIpc) is 2.69. The van der Waals surface area contributed by atoms with Crippen LogP contribution in [0.2, 0.25) is 0 Å². The molecule has 0 saturated carbocycles. The Morgan fingerprint density at radius 1 is 1.53 bits per heavy atom. The first-order valence-electron chi connectivity index (χ1n) is 6.23. The normalized spacial score (nSPS) is 12.8. The Labute approximate surface area is 114 Å². The highest BCUT2D eigenvalue weighted by molar-refractivity contribution is 7.18. The average molecular weight is 280 g/mol. The number of rotatable bonds is 4. The number of hydrogen-bond donors (Lipinski definition) is 1. The van der Waals surface area contributed by atoms with Crippen molar-refractivity contribution in [1.29, 1.82) is 0 Å². The van der Waals surface area contributed by atoms with Gasteiger partial charge >= 0.3 is 5.97 Å². The smallest absolute Gasteiger partial charge is 0.326 e. The van der Waals surface area contributed by atoms with Crippen LogP contribution < -0.4 is 5.56 Å². The van der Waals surface area contributed by atoms with Crippen molar-refractivity contribution in [2.24, 2.45) is 0 Å². The molecule has 0 spiro atoms. The van der Waals surface area contributed by atoms with Gasteiger partial charge in [0.05, 0.1) is 11.7 Å². The molecule has 2 aromatic heterocycles. The molecule has 1 unspecified atom stereocenters. The molecule has 1 atom stereocenters. The fourth-order valence-electron chi connectivity index (χ4n) is 2.31. The molecule has 0 aliphatic rings. The van der Waals surface area contributed by atoms with Gasteiger partial charge in [-0.15, -0.1) is 11.3 Å². The van der Waals surface area contributed by atoms with Crippen LogP contribution >= 0.6 is 11.3 Å². The Morgan fingerprint density at radius 3 is 2.74 bits per heavy atom. The number of carboxylic acid groups (broad SMARTS) is 1. The van der Waals surface area contributed by atoms with E-state index in [0.717, 1.165) is 16.9 Å². The van der Waals surface area contributed by atoms with Gasteiger partial charge in [-0.1, -0.05) is 13.8 Å². The molecule has 6 heteroatoms. The second-order valence-electron chi connectivity index (χ2n) is 4.39. The Bertz CT molecular complexity index is 687. The molecule has 2 heterocycles. The summed E-state index contributed by atoms with van der Waals surface area (Å²) in [6, 6.07) is -0.852. The zero-order valence-corrected chi connectivity index (χ0v) is 12.0. The Morgan fingerprint density at radius 2 is 2.21 bits per heavy atom. The lowest BCUT2D eigenvalue weighted by molar-refractivity contribution is -0.141. The second-order valence-corrected chi connectivity index (χ2v) is 5.59. The third-order valence-corrected chi connectivity index (χ3v) is 4.35. The second kappa shape index (κ2) is 5.13. The highest BCUT2D eigenvalue weighted by atomic mass is 32.1. The van der Waals surface area contributed by atoms with Crippen molar-refractivity contribution in [3.63, 3.8) is 0 Å². The van der Waals surface area contributed by atoms with Gasteiger partial charge in [0.2, 0.25) is 0 Å². The van der Waals surface area contributed by atoms with E-state index in [9.17, 15) is 14.7 Å². The molecule has 0 bridgehead atoms. The summed E-state index contributed by atoms with van der Waals surface area (Å²) in [4.78, 5) is 29.7. The van der Waals surface area contributed by atoms with Crippen LogP contribution in [0.25, 0.3) is 10.2 Å². The summed E-state index contributed by atoms with van der Waals surface area (Å²) in [6.45, 7) is 5.69. The third kappa shape index (κ3) is 2.16. The molecule has 2 rings (SSSR count). The Kier molecular flexibility index (Phi) is 3.71. The number of aliphatic carboxylic acids is 1. The lowest BCUT2D eigenvalue weighted by Crippen LogP contribution is -2.29. The van der Waals surface area contributed by atoms with Crippen molar-refractivity contribution in [2.75, 3.05) is 0 Å². The maximum atomic E-state index is 12.5. The number of aromatic nitrogens is 2. The first kappa shape index (κ1) is 13.7. The number of carboxylic acids is 1. The minimum absolute atomic E-state index is 0.250. The van der Waals surface area contributed by atoms with Crippen molar-refractivity contribution in [2.45, 2.75) is 39.7 Å². The van der Waals surface area contributed by atoms with Gasteiger partial charge in [0.15, 0.2) is 0 Å². The van der Waals surface area contributed by atoms with E-state index in [1.165, 1.54) is 22.2 Å². The largest absolute Gasteiger partial charge is 0.480 e. The lowest BCUT2D eigenvalue weighted by atomic mass is 10.1. The minimum atomic E-state index is -1.00. The standard InChI is InChI=1S/C13H16N2O3S/c1-4-8-7(3)19-11-10(8)12(16)15(6-14-11)9(5-2)13(17)18/h6,9H,4-5H2,1-3H3,(H,17,18). The number of hydrogen-bond acceptors (Lipinski definition) is 4. The number of thiophene rings is 1. The van der Waals surface area contributed by atoms with Crippen molar-refractivity contribution in [3.8, 4) is 0 Å². The van der Waals surface area contributed by atoms with Crippen LogP contribution in [0.5, 0.6) is 0 Å². The van der Waals surface area contributed by atoms with Gasteiger partial charge in [-0.05, 0) is 25.3 Å². The van der Waals surface area contributed by atoms with E-state index in [0.29, 0.717) is 16.6 Å². The van der Waals surface area contributed by atoms with Gasteiger partial charge in [-0.25, -0.2) is 9.78 Å². The summed E-state index contributed by atoms with van der Waals surface area (Å²) in [6.07, 6.45) is 2.45. The first-order valence-corrected chi connectivity index (χ1v) is 7.04. The van der Waals surface area contributed by atoms with Crippen LogP contribution in [0, 0.1) is 6.92 Å². The van der Waals surface area contributed by atoms with Gasteiger partial charge in [-0.3, -0.25) is 9.36 Å². The zero-order valence-electron chi connectivity index (χ0n) is 11.1. The minimum Gasteiger partial charge on any atom is -0.480 e. The number of carbonyl (C=O) groups is 1. The molecule has 1 N–H and O–H groups in total. The molecule has 0 aliphatic heterocycles. The van der Waals surface area contributed by atoms with E-state index in [1.807, 2.05) is 13.8 Å². The molecule has 102 valence electrons. The van der Waals surface area contributed by atoms with Crippen molar-refractivity contribution in [3.05, 3.63) is 27.1 Å². The lowest BCUT2D eigenvalue weighted by Gasteiger charge is -2.12. The van der Waals surface area contributed by atoms with E-state index < -0.39 is 12.0 Å². The SMILES string of the molecule is CCc1c(C)sc2ncn(C(CC)C(=O)O)c(=O)c12. The molecule has 5 nitrogen and oxygen atoms in total. The fraction of sp³-hybridized carbons (Fsp3) is 0.462. The predicted molar refractivity (Wildman–Crippen MR) is 75.0 cm³/mol. The maximum absolute atomic E-state index is 12.5. The van der Waals surface area contributed by atoms with Crippen LogP contribution in [0.3, 0.4) is 0 Å². The molecule has 0 saturated heterocycles. The number of fused-ring (bicyclic) bond motifs is 1. The van der Waals surface area contributed by atoms with Gasteiger partial charge in [0.1, 0.15) is 10.9 Å². The van der Waals surface area contributed by atoms with E-state index in [2.05, 4.69) is 4.98 Å². The highest BCUT2D eigenvalue weighted by Gasteiger charge is 2.21. The van der Waals surface area contributed by atoms with Crippen LogP contribution in [-0.4, -0.2) is 20.6 Å². The van der Waals surface area contributed by atoms with Crippen molar-refractivity contribution in [1.82, 2.24) is 9.55 Å². The molecule has 0 radical (unpaired) electrons. The summed E-state index contributed by atoms with van der Waals surface area (Å²) in [5.74, 6) is -1.00. The summed E-state index contributed by atoms with van der Waals surface area (Å²) >= 11 is 1.48. The van der Waals surface area contributed by atoms with E-state index in [1.54, 1.807) is 6.92 Å². The molecule has 19 heavy (non-hydrogen) atoms. The van der Waals surface area contributed by atoms with Gasteiger partial charge in [0, 0.05) is 4.88 Å². The van der Waals surface area contributed by atoms with Crippen molar-refractivity contribution < 1.29 is 9.90 Å². The molecule has 0 fully saturated rings. The molecule has 0 amide bonds. The summed E-state index contributed by atoms with van der Waals surface area (Å²) < 4.78 is 1.23. The van der Waals surface area contributed by atoms with Gasteiger partial charge < -0.3 is 5.11 Å². The molecule has 2 aromatic rings. The Balaban J connectivity index is 2.76. The van der Waals surface area contributed by atoms with Crippen LogP contribution in [-0.2, 0) is 11.2 Å². The number of aryl methyl sites for hydroxylation is 2. The number of nitrogens with zero attached hydrogens (tertiary/aromatic N) is 2. The molecule has 0 aromatic carbocycles. The fourth-order valence-corrected chi connectivity index (χ4v) is 3.38.